The molecule has 1 aliphatic carbocycles. The molecule has 22 nitrogen and oxygen atoms in total. The molecule has 0 amide bonds. The molecule has 0 spiro atoms. The molecule has 0 fully saturated rings. The first-order valence-corrected chi connectivity index (χ1v) is 27.4. The van der Waals surface area contributed by atoms with Crippen molar-refractivity contribution < 1.29 is 29.5 Å². The number of para-hydroxylation sites is 2. The monoisotopic (exact) mass is 1190 g/mol. The topological polar surface area (TPSA) is 301 Å². The highest BCUT2D eigenvalue weighted by Crippen LogP contribution is 2.43. The van der Waals surface area contributed by atoms with Crippen LogP contribution in [0.5, 0.6) is 23.0 Å². The molecule has 8 aromatic carbocycles. The number of aromatic hydroxyl groups is 2. The van der Waals surface area contributed by atoms with Crippen LogP contribution in [0.1, 0.15) is 67.0 Å². The van der Waals surface area contributed by atoms with Gasteiger partial charge in [-0.2, -0.15) is 10.2 Å². The third-order valence-electron chi connectivity index (χ3n) is 14.0. The highest BCUT2D eigenvalue weighted by molar-refractivity contribution is 6.33. The molecule has 11 rings (SSSR count). The molecule has 4 N–H and O–H groups in total. The second-order valence-electron chi connectivity index (χ2n) is 19.9. The third kappa shape index (κ3) is 13.0. The number of nitro groups is 2. The van der Waals surface area contributed by atoms with Crippen LogP contribution in [0.3, 0.4) is 0 Å². The summed E-state index contributed by atoms with van der Waals surface area (Å²) in [7, 11) is 0. The maximum atomic E-state index is 12.5. The van der Waals surface area contributed by atoms with Crippen LogP contribution in [0, 0.1) is 34.1 Å². The van der Waals surface area contributed by atoms with Gasteiger partial charge in [0.05, 0.1) is 42.7 Å². The number of nitrogens with zero attached hydrogens (tertiary/aromatic N) is 12. The van der Waals surface area contributed by atoms with Crippen molar-refractivity contribution >= 4 is 80.3 Å². The summed E-state index contributed by atoms with van der Waals surface area (Å²) in [5.41, 5.74) is 8.80. The van der Waals surface area contributed by atoms with E-state index in [1.54, 1.807) is 111 Å². The zero-order valence-electron chi connectivity index (χ0n) is 45.7. The number of H-pyrrole nitrogens is 2. The van der Waals surface area contributed by atoms with Crippen molar-refractivity contribution in [2.75, 3.05) is 0 Å². The van der Waals surface area contributed by atoms with E-state index in [9.17, 15) is 30.4 Å². The molecule has 0 saturated heterocycles. The van der Waals surface area contributed by atoms with E-state index in [-0.39, 0.29) is 73.4 Å². The van der Waals surface area contributed by atoms with Gasteiger partial charge in [0.15, 0.2) is 11.4 Å². The molecule has 2 aromatic heterocycles. The predicted octanol–water partition coefficient (Wildman–Crippen LogP) is 17.8. The summed E-state index contributed by atoms with van der Waals surface area (Å²) in [6.07, 6.45) is 0.328. The second-order valence-corrected chi connectivity index (χ2v) is 20.7. The summed E-state index contributed by atoms with van der Waals surface area (Å²) < 4.78 is 13.5. The first-order valence-electron chi connectivity index (χ1n) is 26.6. The molecular formula is C62H48Cl2N14O8. The van der Waals surface area contributed by atoms with Gasteiger partial charge < -0.3 is 19.7 Å². The van der Waals surface area contributed by atoms with Crippen molar-refractivity contribution in [1.82, 2.24) is 20.4 Å². The van der Waals surface area contributed by atoms with Crippen LogP contribution in [0.25, 0.3) is 0 Å². The van der Waals surface area contributed by atoms with Crippen LogP contribution < -0.4 is 9.47 Å². The largest absolute Gasteiger partial charge is 0.507 e. The van der Waals surface area contributed by atoms with Gasteiger partial charge in [-0.05, 0) is 120 Å². The van der Waals surface area contributed by atoms with E-state index in [0.29, 0.717) is 123 Å². The zero-order chi connectivity index (χ0) is 59.8. The Morgan fingerprint density at radius 3 is 1.15 bits per heavy atom. The van der Waals surface area contributed by atoms with Crippen molar-refractivity contribution in [2.24, 2.45) is 40.9 Å². The number of aromatic amines is 2. The number of phenolic OH excluding ortho intramolecular Hbond substituents is 2. The Labute approximate surface area is 499 Å². The van der Waals surface area contributed by atoms with Gasteiger partial charge in [0.2, 0.25) is 11.6 Å². The minimum atomic E-state index is -0.475. The van der Waals surface area contributed by atoms with Crippen LogP contribution in [0.15, 0.2) is 199 Å². The Kier molecular flexibility index (Phi) is 16.8. The van der Waals surface area contributed by atoms with Crippen LogP contribution in [-0.2, 0) is 38.9 Å². The van der Waals surface area contributed by atoms with Crippen LogP contribution in [0.4, 0.5) is 57.1 Å². The number of ether oxygens (including phenoxy) is 2. The molecule has 0 atom stereocenters. The molecule has 8 bridgehead atoms. The average molecular weight is 1190 g/mol. The molecular weight excluding hydrogens is 1140 g/mol. The number of nitro benzene ring substituents is 2. The summed E-state index contributed by atoms with van der Waals surface area (Å²) in [6, 6.07) is 44.1. The number of nitrogens with one attached hydrogen (secondary N) is 2. The second kappa shape index (κ2) is 25.3. The van der Waals surface area contributed by atoms with Gasteiger partial charge >= 0.3 is 0 Å². The summed E-state index contributed by atoms with van der Waals surface area (Å²) in [4.78, 5) is 22.2. The van der Waals surface area contributed by atoms with Crippen LogP contribution in [-0.4, -0.2) is 40.5 Å². The van der Waals surface area contributed by atoms with Crippen molar-refractivity contribution in [1.29, 1.82) is 0 Å². The number of fused-ring (bicyclic) bond motifs is 8. The Morgan fingerprint density at radius 2 is 0.814 bits per heavy atom. The van der Waals surface area contributed by atoms with Gasteiger partial charge in [-0.25, -0.2) is 0 Å². The number of rotatable bonds is 16. The maximum Gasteiger partial charge on any atom is 0.269 e. The minimum Gasteiger partial charge on any atom is -0.507 e. The van der Waals surface area contributed by atoms with Crippen molar-refractivity contribution in [2.45, 2.75) is 52.7 Å². The number of hydrogen-bond acceptors (Lipinski definition) is 18. The van der Waals surface area contributed by atoms with E-state index in [0.717, 1.165) is 0 Å². The van der Waals surface area contributed by atoms with Gasteiger partial charge in [0.25, 0.3) is 11.4 Å². The molecule has 0 aliphatic heterocycles. The van der Waals surface area contributed by atoms with Crippen molar-refractivity contribution in [3.63, 3.8) is 0 Å². The Bertz CT molecular complexity index is 3990. The molecule has 0 saturated carbocycles. The van der Waals surface area contributed by atoms with Crippen molar-refractivity contribution in [3.8, 4) is 23.0 Å². The highest BCUT2D eigenvalue weighted by atomic mass is 35.5. The molecule has 0 unspecified atom stereocenters. The van der Waals surface area contributed by atoms with E-state index < -0.39 is 9.85 Å². The first kappa shape index (κ1) is 57.0. The van der Waals surface area contributed by atoms with E-state index in [1.165, 1.54) is 24.3 Å². The lowest BCUT2D eigenvalue weighted by Crippen LogP contribution is -2.06. The maximum absolute atomic E-state index is 12.5. The van der Waals surface area contributed by atoms with Gasteiger partial charge in [0.1, 0.15) is 47.6 Å². The van der Waals surface area contributed by atoms with Crippen molar-refractivity contribution in [3.05, 3.63) is 255 Å². The molecule has 1 aliphatic rings. The number of hydrogen-bond donors (Lipinski definition) is 4. The lowest BCUT2D eigenvalue weighted by atomic mass is 9.91. The molecule has 428 valence electrons. The Hall–Kier alpha value is -10.8. The average Bonchev–Trinajstić information content (AvgIpc) is 1.90. The molecule has 0 radical (unpaired) electrons. The van der Waals surface area contributed by atoms with Gasteiger partial charge in [-0.3, -0.25) is 30.4 Å². The van der Waals surface area contributed by atoms with Gasteiger partial charge in [-0.1, -0.05) is 83.9 Å². The fourth-order valence-corrected chi connectivity index (χ4v) is 9.93. The molecule has 2 heterocycles. The Balaban J connectivity index is 1.05. The van der Waals surface area contributed by atoms with E-state index in [2.05, 4.69) is 61.3 Å². The third-order valence-corrected chi connectivity index (χ3v) is 14.6. The smallest absolute Gasteiger partial charge is 0.269 e. The first-order chi connectivity index (χ1) is 41.7. The summed E-state index contributed by atoms with van der Waals surface area (Å²) in [5, 5.41) is 99.6. The molecule has 86 heavy (non-hydrogen) atoms. The summed E-state index contributed by atoms with van der Waals surface area (Å²) in [6.45, 7) is 3.53. The van der Waals surface area contributed by atoms with Crippen LogP contribution >= 0.6 is 23.2 Å². The fourth-order valence-electron chi connectivity index (χ4n) is 9.58. The highest BCUT2D eigenvalue weighted by Gasteiger charge is 2.24. The Morgan fingerprint density at radius 1 is 0.465 bits per heavy atom. The van der Waals surface area contributed by atoms with E-state index >= 15 is 0 Å². The number of halogens is 2. The number of non-ortho nitro benzene ring substituents is 2. The van der Waals surface area contributed by atoms with Gasteiger partial charge in [0, 0.05) is 72.2 Å². The lowest BCUT2D eigenvalue weighted by molar-refractivity contribution is -0.385. The minimum absolute atomic E-state index is 0.00522. The standard InChI is InChI=1S/C62H48Cl2N14O8/c1-35-55(71-69-53-15-5-3-13-51(53)63)61(73-65-35)75-67-47-29-43-25-39-9-7-11-41(59(39)85-33-37-17-21-49(22-18-37)77(81)82)27-45-31-48(68-76-62-56(36(2)66-74-62)72-70-54-16-6-4-14-52(54)64)32-46(58(45)80)28-42-12-8-10-40(26-44(30-47)57(43)79)60(42)86-34-38-19-23-50(24-20-38)78(83)84/h3-24,29-32,79-80H,25-28,33-34H2,1-2H3,(H,65,73)(H,66,74). The number of aromatic nitrogens is 4. The van der Waals surface area contributed by atoms with E-state index in [4.69, 9.17) is 32.7 Å². The lowest BCUT2D eigenvalue weighted by Gasteiger charge is -2.21. The molecule has 10 aromatic rings. The van der Waals surface area contributed by atoms with Crippen LogP contribution in [0.2, 0.25) is 10.0 Å². The number of azo groups is 4. The number of benzene rings is 8. The summed E-state index contributed by atoms with van der Waals surface area (Å²) >= 11 is 12.8. The normalized spacial score (nSPS) is 12.4. The van der Waals surface area contributed by atoms with E-state index in [1.807, 2.05) is 36.4 Å². The number of aryl methyl sites for hydroxylation is 2. The number of phenols is 2. The molecule has 24 heteroatoms. The predicted molar refractivity (Wildman–Crippen MR) is 321 cm³/mol. The SMILES string of the molecule is Cc1[nH]nc(N=Nc2cc3c(O)c(c2)Cc2cccc(c2OCc2ccc([N+](=O)[O-])cc2)Cc2cc(N=Nc4n[nH]c(C)c4N=Nc4ccccc4Cl)cc(c2O)Cc2cccc(c2OCc2ccc([N+](=O)[O-])cc2)C3)c1N=Nc1ccccc1Cl. The van der Waals surface area contributed by atoms with Gasteiger partial charge in [-0.15, -0.1) is 40.9 Å². The zero-order valence-corrected chi connectivity index (χ0v) is 47.2. The summed E-state index contributed by atoms with van der Waals surface area (Å²) in [5.74, 6) is 1.04. The quantitative estimate of drug-likeness (QED) is 0.0403. The fraction of sp³-hybridized carbons (Fsp3) is 0.129.